The molecule has 0 radical (unpaired) electrons. The Kier molecular flexibility index (Phi) is 11.2. The zero-order chi connectivity index (χ0) is 24.3. The van der Waals surface area contributed by atoms with Crippen molar-refractivity contribution in [2.75, 3.05) is 14.2 Å². The molecular weight excluding hydrogens is 423 g/mol. The molecule has 4 N–H and O–H groups in total. The molecule has 7 heteroatoms. The smallest absolute Gasteiger partial charge is 0.305 e. The van der Waals surface area contributed by atoms with Crippen molar-refractivity contribution in [2.45, 2.75) is 69.6 Å². The molecule has 2 rings (SSSR count). The number of hydrogen-bond acceptors (Lipinski definition) is 6. The second-order valence-corrected chi connectivity index (χ2v) is 9.07. The lowest BCUT2D eigenvalue weighted by molar-refractivity contribution is -0.140. The highest BCUT2D eigenvalue weighted by atomic mass is 19.1. The van der Waals surface area contributed by atoms with Gasteiger partial charge in [-0.1, -0.05) is 42.5 Å². The van der Waals surface area contributed by atoms with Crippen LogP contribution in [0, 0.1) is 17.7 Å². The largest absolute Gasteiger partial charge is 0.469 e. The van der Waals surface area contributed by atoms with Crippen molar-refractivity contribution in [3.8, 4) is 0 Å². The number of aliphatic hydroxyl groups excluding tert-OH is 1. The lowest BCUT2D eigenvalue weighted by Crippen LogP contribution is -2.39. The summed E-state index contributed by atoms with van der Waals surface area (Å²) in [6.07, 6.45) is 12.0. The van der Waals surface area contributed by atoms with Gasteiger partial charge in [-0.05, 0) is 70.0 Å². The molecule has 33 heavy (non-hydrogen) atoms. The maximum atomic E-state index is 14.0. The Bertz CT molecular complexity index is 800. The molecule has 0 bridgehead atoms. The molecule has 1 aliphatic carbocycles. The molecule has 0 aliphatic heterocycles. The van der Waals surface area contributed by atoms with Crippen LogP contribution in [0.25, 0.3) is 0 Å². The van der Waals surface area contributed by atoms with E-state index >= 15 is 0 Å². The minimum Gasteiger partial charge on any atom is -0.469 e. The first-order chi connectivity index (χ1) is 15.8. The van der Waals surface area contributed by atoms with Crippen LogP contribution < -0.4 is 10.8 Å². The summed E-state index contributed by atoms with van der Waals surface area (Å²) in [4.78, 5) is 11.2. The number of carbonyl (C=O) groups excluding carboxylic acids is 1. The third-order valence-corrected chi connectivity index (χ3v) is 6.80. The van der Waals surface area contributed by atoms with E-state index in [9.17, 15) is 19.5 Å². The monoisotopic (exact) mass is 462 g/mol. The number of unbranched alkanes of at least 4 members (excludes halogenated alkanes) is 1. The summed E-state index contributed by atoms with van der Waals surface area (Å²) in [7, 11) is 3.27. The SMILES string of the molecule is CNC(C)(/C=C/[C@H]1C(NO)C[C@H](O)[C@@H]1C/C=C\CCCC(=O)OC)CCc1ccccc1F. The summed E-state index contributed by atoms with van der Waals surface area (Å²) in [5.41, 5.74) is 2.70. The van der Waals surface area contributed by atoms with Crippen molar-refractivity contribution in [3.63, 3.8) is 0 Å². The molecule has 0 aromatic heterocycles. The summed E-state index contributed by atoms with van der Waals surface area (Å²) >= 11 is 0. The minimum absolute atomic E-state index is 0.0320. The van der Waals surface area contributed by atoms with Gasteiger partial charge in [0, 0.05) is 23.9 Å². The number of nitrogens with one attached hydrogen (secondary N) is 2. The fourth-order valence-electron chi connectivity index (χ4n) is 4.42. The van der Waals surface area contributed by atoms with Gasteiger partial charge in [-0.25, -0.2) is 9.87 Å². The standard InChI is InChI=1S/C26H39FN2O4/c1-26(28-2,16-14-19-10-8-9-12-22(19)27)17-15-20-21(24(30)18-23(20)29-32)11-6-4-5-7-13-25(31)33-3/h4,6,8-10,12,15,17,20-21,23-24,28-30,32H,5,7,11,13-14,16,18H2,1-3H3/b6-4-,17-15+/t20-,21-,23?,24+,26?/m1/s1. The Balaban J connectivity index is 2.00. The number of aliphatic hydroxyl groups is 1. The number of benzene rings is 1. The van der Waals surface area contributed by atoms with Gasteiger partial charge in [-0.15, -0.1) is 0 Å². The fourth-order valence-corrected chi connectivity index (χ4v) is 4.42. The van der Waals surface area contributed by atoms with Gasteiger partial charge in [0.1, 0.15) is 5.82 Å². The predicted molar refractivity (Wildman–Crippen MR) is 127 cm³/mol. The third kappa shape index (κ3) is 8.34. The average Bonchev–Trinajstić information content (AvgIpc) is 3.13. The number of rotatable bonds is 13. The number of likely N-dealkylation sites (N-methyl/N-ethyl adjacent to an activating group) is 1. The van der Waals surface area contributed by atoms with Crippen LogP contribution >= 0.6 is 0 Å². The van der Waals surface area contributed by atoms with Gasteiger partial charge < -0.3 is 20.4 Å². The highest BCUT2D eigenvalue weighted by Gasteiger charge is 2.40. The second kappa shape index (κ2) is 13.6. The highest BCUT2D eigenvalue weighted by molar-refractivity contribution is 5.69. The van der Waals surface area contributed by atoms with Crippen LogP contribution in [0.1, 0.15) is 51.0 Å². The molecule has 6 nitrogen and oxygen atoms in total. The van der Waals surface area contributed by atoms with E-state index in [1.165, 1.54) is 13.2 Å². The number of hydrogen-bond donors (Lipinski definition) is 4. The van der Waals surface area contributed by atoms with Crippen molar-refractivity contribution >= 4 is 5.97 Å². The highest BCUT2D eigenvalue weighted by Crippen LogP contribution is 2.37. The number of esters is 1. The number of ether oxygens (including phenoxy) is 1. The van der Waals surface area contributed by atoms with Gasteiger partial charge in [0.15, 0.2) is 0 Å². The van der Waals surface area contributed by atoms with E-state index in [4.69, 9.17) is 0 Å². The maximum absolute atomic E-state index is 14.0. The lowest BCUT2D eigenvalue weighted by atomic mass is 9.86. The number of allylic oxidation sites excluding steroid dienone is 2. The molecule has 0 saturated heterocycles. The van der Waals surface area contributed by atoms with E-state index in [1.54, 1.807) is 6.07 Å². The summed E-state index contributed by atoms with van der Waals surface area (Å²) in [5.74, 6) is -0.484. The minimum atomic E-state index is -0.525. The molecule has 1 aliphatic rings. The van der Waals surface area contributed by atoms with Crippen molar-refractivity contribution in [2.24, 2.45) is 11.8 Å². The van der Waals surface area contributed by atoms with Crippen LogP contribution in [0.2, 0.25) is 0 Å². The number of hydroxylamine groups is 1. The molecule has 184 valence electrons. The van der Waals surface area contributed by atoms with Crippen LogP contribution in [0.4, 0.5) is 4.39 Å². The van der Waals surface area contributed by atoms with Crippen molar-refractivity contribution in [3.05, 3.63) is 60.0 Å². The molecule has 0 heterocycles. The first kappa shape index (κ1) is 27.2. The molecule has 2 unspecified atom stereocenters. The molecular formula is C26H39FN2O4. The first-order valence-corrected chi connectivity index (χ1v) is 11.7. The molecule has 1 fully saturated rings. The third-order valence-electron chi connectivity index (χ3n) is 6.80. The number of halogens is 1. The molecule has 5 atom stereocenters. The van der Waals surface area contributed by atoms with E-state index in [0.29, 0.717) is 37.7 Å². The lowest BCUT2D eigenvalue weighted by Gasteiger charge is -2.28. The predicted octanol–water partition coefficient (Wildman–Crippen LogP) is 3.93. The molecule has 1 aromatic carbocycles. The second-order valence-electron chi connectivity index (χ2n) is 9.07. The quantitative estimate of drug-likeness (QED) is 0.154. The Labute approximate surface area is 196 Å². The van der Waals surface area contributed by atoms with E-state index in [1.807, 2.05) is 31.3 Å². The summed E-state index contributed by atoms with van der Waals surface area (Å²) < 4.78 is 18.7. The summed E-state index contributed by atoms with van der Waals surface area (Å²) in [6.45, 7) is 2.06. The van der Waals surface area contributed by atoms with Gasteiger partial charge in [-0.2, -0.15) is 0 Å². The molecule has 1 saturated carbocycles. The topological polar surface area (TPSA) is 90.8 Å². The van der Waals surface area contributed by atoms with Gasteiger partial charge >= 0.3 is 5.97 Å². The van der Waals surface area contributed by atoms with Crippen LogP contribution in [0.15, 0.2) is 48.6 Å². The van der Waals surface area contributed by atoms with Crippen LogP contribution in [-0.2, 0) is 16.0 Å². The zero-order valence-corrected chi connectivity index (χ0v) is 20.0. The normalized spacial score (nSPS) is 25.0. The van der Waals surface area contributed by atoms with Crippen molar-refractivity contribution < 1.29 is 24.2 Å². The number of carbonyl (C=O) groups is 1. The van der Waals surface area contributed by atoms with E-state index in [0.717, 1.165) is 12.8 Å². The summed E-state index contributed by atoms with van der Waals surface area (Å²) in [6, 6.07) is 6.59. The van der Waals surface area contributed by atoms with Gasteiger partial charge in [0.25, 0.3) is 0 Å². The van der Waals surface area contributed by atoms with Crippen molar-refractivity contribution in [1.82, 2.24) is 10.8 Å². The van der Waals surface area contributed by atoms with Gasteiger partial charge in [0.05, 0.1) is 13.2 Å². The molecule has 1 aromatic rings. The van der Waals surface area contributed by atoms with Crippen LogP contribution in [0.3, 0.4) is 0 Å². The average molecular weight is 463 g/mol. The molecule has 0 spiro atoms. The van der Waals surface area contributed by atoms with Crippen LogP contribution in [-0.4, -0.2) is 48.1 Å². The van der Waals surface area contributed by atoms with Crippen LogP contribution in [0.5, 0.6) is 0 Å². The Morgan fingerprint density at radius 3 is 2.76 bits per heavy atom. The summed E-state index contributed by atoms with van der Waals surface area (Å²) in [5, 5.41) is 23.6. The van der Waals surface area contributed by atoms with E-state index in [2.05, 4.69) is 34.6 Å². The van der Waals surface area contributed by atoms with Gasteiger partial charge in [0.2, 0.25) is 0 Å². The first-order valence-electron chi connectivity index (χ1n) is 11.7. The fraction of sp³-hybridized carbons (Fsp3) is 0.577. The maximum Gasteiger partial charge on any atom is 0.305 e. The number of aryl methyl sites for hydroxylation is 1. The Hall–Kier alpha value is -2.06. The number of methoxy groups -OCH3 is 1. The van der Waals surface area contributed by atoms with Crippen molar-refractivity contribution in [1.29, 1.82) is 0 Å². The van der Waals surface area contributed by atoms with E-state index < -0.39 is 6.10 Å². The Morgan fingerprint density at radius 2 is 2.09 bits per heavy atom. The zero-order valence-electron chi connectivity index (χ0n) is 20.0. The Morgan fingerprint density at radius 1 is 1.33 bits per heavy atom. The van der Waals surface area contributed by atoms with Gasteiger partial charge in [-0.3, -0.25) is 4.79 Å². The molecule has 0 amide bonds. The van der Waals surface area contributed by atoms with E-state index in [-0.39, 0.29) is 35.2 Å².